The molecular formula is C28H36F2. The number of benzene rings is 2. The number of hydrogen-bond acceptors (Lipinski definition) is 0. The Balaban J connectivity index is 1.51. The fraction of sp³-hybridized carbons (Fsp3) is 0.571. The Morgan fingerprint density at radius 1 is 1.03 bits per heavy atom. The Hall–Kier alpha value is -1.70. The summed E-state index contributed by atoms with van der Waals surface area (Å²) < 4.78 is 30.3. The van der Waals surface area contributed by atoms with Gasteiger partial charge in [-0.25, -0.2) is 8.78 Å². The molecule has 0 aliphatic heterocycles. The predicted molar refractivity (Wildman–Crippen MR) is 123 cm³/mol. The maximum absolute atomic E-state index is 15.5. The SMILES string of the molecule is C=CCCc1cc(F)c2c(F)c([C@@H]3CC[C@@H]4CC(CCCC)CCC4C3)ccc2c1. The quantitative estimate of drug-likeness (QED) is 0.400. The summed E-state index contributed by atoms with van der Waals surface area (Å²) in [6, 6.07) is 7.31. The van der Waals surface area contributed by atoms with Gasteiger partial charge in [-0.15, -0.1) is 6.58 Å². The van der Waals surface area contributed by atoms with Gasteiger partial charge in [-0.2, -0.15) is 0 Å². The van der Waals surface area contributed by atoms with Crippen molar-refractivity contribution in [3.63, 3.8) is 0 Å². The van der Waals surface area contributed by atoms with E-state index >= 15 is 4.39 Å². The molecule has 0 heterocycles. The third kappa shape index (κ3) is 4.48. The van der Waals surface area contributed by atoms with E-state index < -0.39 is 5.82 Å². The number of aryl methyl sites for hydroxylation is 1. The van der Waals surface area contributed by atoms with Crippen LogP contribution in [0, 0.1) is 29.4 Å². The lowest BCUT2D eigenvalue weighted by atomic mass is 9.63. The minimum atomic E-state index is -0.420. The minimum absolute atomic E-state index is 0.181. The van der Waals surface area contributed by atoms with Crippen molar-refractivity contribution in [1.29, 1.82) is 0 Å². The molecule has 2 aromatic carbocycles. The molecule has 0 saturated heterocycles. The molecule has 2 fully saturated rings. The first kappa shape index (κ1) is 21.5. The first-order valence-electron chi connectivity index (χ1n) is 12.1. The van der Waals surface area contributed by atoms with Crippen molar-refractivity contribution in [2.24, 2.45) is 17.8 Å². The average molecular weight is 411 g/mol. The monoisotopic (exact) mass is 410 g/mol. The van der Waals surface area contributed by atoms with Crippen molar-refractivity contribution in [3.8, 4) is 0 Å². The van der Waals surface area contributed by atoms with Crippen LogP contribution in [0.2, 0.25) is 0 Å². The van der Waals surface area contributed by atoms with E-state index in [0.29, 0.717) is 5.39 Å². The van der Waals surface area contributed by atoms with Crippen LogP contribution in [0.4, 0.5) is 8.78 Å². The summed E-state index contributed by atoms with van der Waals surface area (Å²) in [6.45, 7) is 6.01. The molecule has 0 N–H and O–H groups in total. The number of halogens is 2. The highest BCUT2D eigenvalue weighted by Gasteiger charge is 2.36. The van der Waals surface area contributed by atoms with Gasteiger partial charge in [0.2, 0.25) is 0 Å². The summed E-state index contributed by atoms with van der Waals surface area (Å²) in [5.41, 5.74) is 1.65. The van der Waals surface area contributed by atoms with Gasteiger partial charge >= 0.3 is 0 Å². The summed E-state index contributed by atoms with van der Waals surface area (Å²) >= 11 is 0. The van der Waals surface area contributed by atoms with Crippen molar-refractivity contribution >= 4 is 10.8 Å². The van der Waals surface area contributed by atoms with Crippen LogP contribution in [0.15, 0.2) is 36.9 Å². The highest BCUT2D eigenvalue weighted by Crippen LogP contribution is 2.49. The van der Waals surface area contributed by atoms with Gasteiger partial charge in [0, 0.05) is 0 Å². The Bertz CT molecular complexity index is 884. The first-order chi connectivity index (χ1) is 14.6. The Kier molecular flexibility index (Phi) is 6.91. The molecule has 2 saturated carbocycles. The first-order valence-corrected chi connectivity index (χ1v) is 12.1. The lowest BCUT2D eigenvalue weighted by Crippen LogP contribution is -2.30. The van der Waals surface area contributed by atoms with Gasteiger partial charge in [-0.1, -0.05) is 56.9 Å². The number of rotatable bonds is 7. The van der Waals surface area contributed by atoms with Gasteiger partial charge in [0.1, 0.15) is 11.6 Å². The van der Waals surface area contributed by atoms with E-state index in [1.165, 1.54) is 51.0 Å². The molecular weight excluding hydrogens is 374 g/mol. The molecule has 0 aromatic heterocycles. The van der Waals surface area contributed by atoms with Crippen LogP contribution < -0.4 is 0 Å². The minimum Gasteiger partial charge on any atom is -0.206 e. The molecule has 0 amide bonds. The van der Waals surface area contributed by atoms with E-state index in [1.807, 2.05) is 24.3 Å². The third-order valence-corrected chi connectivity index (χ3v) is 7.86. The zero-order valence-corrected chi connectivity index (χ0v) is 18.4. The van der Waals surface area contributed by atoms with E-state index in [0.717, 1.165) is 54.6 Å². The smallest absolute Gasteiger partial charge is 0.137 e. The maximum Gasteiger partial charge on any atom is 0.137 e. The molecule has 162 valence electrons. The van der Waals surface area contributed by atoms with Crippen molar-refractivity contribution in [3.05, 3.63) is 59.7 Å². The molecule has 4 rings (SSSR count). The standard InChI is InChI=1S/C28H36F2/c1-3-5-7-19-9-10-22-18-23(12-11-21(22)15-19)25-14-13-24-16-20(8-6-4-2)17-26(29)27(24)28(25)30/h4,13-14,16-17,19,21-23H,2-3,5-12,15,18H2,1H3/t19?,21-,22?,23-/m1/s1. The molecule has 0 nitrogen and oxygen atoms in total. The maximum atomic E-state index is 15.5. The fourth-order valence-corrected chi connectivity index (χ4v) is 6.20. The van der Waals surface area contributed by atoms with Crippen molar-refractivity contribution in [1.82, 2.24) is 0 Å². The van der Waals surface area contributed by atoms with Crippen LogP contribution in [-0.2, 0) is 6.42 Å². The van der Waals surface area contributed by atoms with Crippen LogP contribution in [0.3, 0.4) is 0 Å². The van der Waals surface area contributed by atoms with Crippen molar-refractivity contribution < 1.29 is 8.78 Å². The normalized spacial score (nSPS) is 26.5. The van der Waals surface area contributed by atoms with Gasteiger partial charge in [-0.3, -0.25) is 0 Å². The van der Waals surface area contributed by atoms with Crippen LogP contribution >= 0.6 is 0 Å². The van der Waals surface area contributed by atoms with Gasteiger partial charge < -0.3 is 0 Å². The molecule has 2 unspecified atom stereocenters. The van der Waals surface area contributed by atoms with E-state index in [1.54, 1.807) is 0 Å². The second kappa shape index (κ2) is 9.62. The number of unbranched alkanes of at least 4 members (excludes halogenated alkanes) is 1. The Morgan fingerprint density at radius 3 is 2.63 bits per heavy atom. The van der Waals surface area contributed by atoms with E-state index in [2.05, 4.69) is 13.5 Å². The molecule has 0 radical (unpaired) electrons. The second-order valence-electron chi connectivity index (χ2n) is 9.82. The van der Waals surface area contributed by atoms with Crippen LogP contribution in [0.25, 0.3) is 10.8 Å². The molecule has 2 aromatic rings. The van der Waals surface area contributed by atoms with E-state index in [9.17, 15) is 4.39 Å². The largest absolute Gasteiger partial charge is 0.206 e. The highest BCUT2D eigenvalue weighted by atomic mass is 19.1. The Morgan fingerprint density at radius 2 is 1.83 bits per heavy atom. The zero-order valence-electron chi connectivity index (χ0n) is 18.4. The molecule has 2 heteroatoms. The topological polar surface area (TPSA) is 0 Å². The van der Waals surface area contributed by atoms with Gasteiger partial charge in [0.05, 0.1) is 5.39 Å². The second-order valence-corrected chi connectivity index (χ2v) is 9.82. The molecule has 4 atom stereocenters. The number of fused-ring (bicyclic) bond motifs is 2. The summed E-state index contributed by atoms with van der Waals surface area (Å²) in [5, 5.41) is 0.862. The van der Waals surface area contributed by atoms with Crippen molar-refractivity contribution in [2.75, 3.05) is 0 Å². The zero-order chi connectivity index (χ0) is 21.1. The van der Waals surface area contributed by atoms with Crippen LogP contribution in [0.1, 0.15) is 88.2 Å². The van der Waals surface area contributed by atoms with Gasteiger partial charge in [0.15, 0.2) is 0 Å². The molecule has 2 aliphatic carbocycles. The third-order valence-electron chi connectivity index (χ3n) is 7.86. The molecule has 0 spiro atoms. The summed E-state index contributed by atoms with van der Waals surface area (Å²) in [6.07, 6.45) is 14.7. The lowest BCUT2D eigenvalue weighted by Gasteiger charge is -2.42. The summed E-state index contributed by atoms with van der Waals surface area (Å²) in [4.78, 5) is 0. The number of allylic oxidation sites excluding steroid dienone is 1. The van der Waals surface area contributed by atoms with Crippen molar-refractivity contribution in [2.45, 2.75) is 83.5 Å². The van der Waals surface area contributed by atoms with Crippen LogP contribution in [-0.4, -0.2) is 0 Å². The van der Waals surface area contributed by atoms with E-state index in [4.69, 9.17) is 0 Å². The fourth-order valence-electron chi connectivity index (χ4n) is 6.20. The van der Waals surface area contributed by atoms with Gasteiger partial charge in [-0.05, 0) is 91.2 Å². The predicted octanol–water partition coefficient (Wildman–Crippen LogP) is 8.73. The molecule has 2 aliphatic rings. The van der Waals surface area contributed by atoms with Crippen LogP contribution in [0.5, 0.6) is 0 Å². The number of hydrogen-bond donors (Lipinski definition) is 0. The summed E-state index contributed by atoms with van der Waals surface area (Å²) in [5.74, 6) is 1.95. The lowest BCUT2D eigenvalue weighted by molar-refractivity contribution is 0.113. The molecule has 0 bridgehead atoms. The highest BCUT2D eigenvalue weighted by molar-refractivity contribution is 5.85. The Labute approximate surface area is 180 Å². The summed E-state index contributed by atoms with van der Waals surface area (Å²) in [7, 11) is 0. The average Bonchev–Trinajstić information content (AvgIpc) is 2.75. The molecule has 30 heavy (non-hydrogen) atoms. The van der Waals surface area contributed by atoms with E-state index in [-0.39, 0.29) is 17.1 Å². The van der Waals surface area contributed by atoms with Gasteiger partial charge in [0.25, 0.3) is 0 Å².